The summed E-state index contributed by atoms with van der Waals surface area (Å²) < 4.78 is 10.8. The zero-order valence-electron chi connectivity index (χ0n) is 12.6. The van der Waals surface area contributed by atoms with Crippen LogP contribution >= 0.6 is 0 Å². The molecule has 0 aromatic heterocycles. The predicted octanol–water partition coefficient (Wildman–Crippen LogP) is 1.84. The average Bonchev–Trinajstić information content (AvgIpc) is 2.51. The van der Waals surface area contributed by atoms with Gasteiger partial charge in [-0.1, -0.05) is 0 Å². The van der Waals surface area contributed by atoms with Crippen LogP contribution in [-0.4, -0.2) is 30.4 Å². The Kier molecular flexibility index (Phi) is 4.66. The topological polar surface area (TPSA) is 88.4 Å². The van der Waals surface area contributed by atoms with E-state index in [1.165, 1.54) is 0 Å². The second-order valence-corrected chi connectivity index (χ2v) is 5.57. The van der Waals surface area contributed by atoms with Crippen molar-refractivity contribution in [1.29, 1.82) is 5.26 Å². The van der Waals surface area contributed by atoms with Crippen LogP contribution in [0.5, 0.6) is 11.5 Å². The fraction of sp³-hybridized carbons (Fsp3) is 0.438. The van der Waals surface area contributed by atoms with E-state index >= 15 is 0 Å². The van der Waals surface area contributed by atoms with Crippen molar-refractivity contribution in [3.63, 3.8) is 0 Å². The number of nitrogens with one attached hydrogen (secondary N) is 1. The molecule has 2 rings (SSSR count). The van der Waals surface area contributed by atoms with E-state index < -0.39 is 5.54 Å². The summed E-state index contributed by atoms with van der Waals surface area (Å²) in [6.45, 7) is 4.16. The Morgan fingerprint density at radius 3 is 2.59 bits per heavy atom. The average molecular weight is 302 g/mol. The minimum absolute atomic E-state index is 0.0401. The van der Waals surface area contributed by atoms with Gasteiger partial charge < -0.3 is 14.8 Å². The molecule has 0 spiro atoms. The highest BCUT2D eigenvalue weighted by Crippen LogP contribution is 2.31. The summed E-state index contributed by atoms with van der Waals surface area (Å²) in [4.78, 5) is 23.9. The highest BCUT2D eigenvalue weighted by Gasteiger charge is 2.20. The van der Waals surface area contributed by atoms with E-state index in [4.69, 9.17) is 14.7 Å². The molecule has 0 radical (unpaired) electrons. The molecule has 116 valence electrons. The lowest BCUT2D eigenvalue weighted by molar-refractivity contribution is -0.122. The summed E-state index contributed by atoms with van der Waals surface area (Å²) in [5, 5.41) is 11.4. The second kappa shape index (κ2) is 6.48. The summed E-state index contributed by atoms with van der Waals surface area (Å²) in [5.74, 6) is 0.697. The molecule has 1 amide bonds. The summed E-state index contributed by atoms with van der Waals surface area (Å²) in [6.07, 6.45) is 0.116. The van der Waals surface area contributed by atoms with E-state index in [0.717, 1.165) is 0 Å². The number of carbonyl (C=O) groups is 2. The first-order chi connectivity index (χ1) is 10.4. The first kappa shape index (κ1) is 15.8. The number of hydrogen-bond donors (Lipinski definition) is 1. The summed E-state index contributed by atoms with van der Waals surface area (Å²) >= 11 is 0. The molecule has 0 saturated heterocycles. The molecule has 1 aliphatic heterocycles. The highest BCUT2D eigenvalue weighted by molar-refractivity contribution is 5.98. The second-order valence-electron chi connectivity index (χ2n) is 5.57. The van der Waals surface area contributed by atoms with Gasteiger partial charge in [0, 0.05) is 18.4 Å². The number of ketones is 1. The Labute approximate surface area is 129 Å². The molecule has 6 nitrogen and oxygen atoms in total. The molecule has 1 aromatic rings. The molecular weight excluding hydrogens is 284 g/mol. The Hall–Kier alpha value is -2.55. The van der Waals surface area contributed by atoms with Crippen LogP contribution in [0.15, 0.2) is 18.2 Å². The van der Waals surface area contributed by atoms with Crippen LogP contribution in [0.25, 0.3) is 0 Å². The molecule has 0 fully saturated rings. The quantitative estimate of drug-likeness (QED) is 0.838. The van der Waals surface area contributed by atoms with Gasteiger partial charge in [-0.15, -0.1) is 0 Å². The molecule has 0 unspecified atom stereocenters. The molecule has 1 heterocycles. The maximum absolute atomic E-state index is 12.1. The fourth-order valence-electron chi connectivity index (χ4n) is 2.03. The van der Waals surface area contributed by atoms with Crippen LogP contribution in [0, 0.1) is 11.3 Å². The Balaban J connectivity index is 1.93. The number of fused-ring (bicyclic) bond motifs is 1. The van der Waals surface area contributed by atoms with Crippen molar-refractivity contribution in [2.75, 3.05) is 13.2 Å². The van der Waals surface area contributed by atoms with Gasteiger partial charge in [0.05, 0.1) is 6.07 Å². The van der Waals surface area contributed by atoms with Gasteiger partial charge in [0.2, 0.25) is 5.91 Å². The normalized spacial score (nSPS) is 13.1. The van der Waals surface area contributed by atoms with E-state index in [9.17, 15) is 9.59 Å². The van der Waals surface area contributed by atoms with Crippen molar-refractivity contribution >= 4 is 11.7 Å². The summed E-state index contributed by atoms with van der Waals surface area (Å²) in [5.41, 5.74) is -0.450. The molecule has 1 aromatic carbocycles. The number of hydrogen-bond acceptors (Lipinski definition) is 5. The third kappa shape index (κ3) is 3.98. The van der Waals surface area contributed by atoms with Crippen molar-refractivity contribution in [3.8, 4) is 17.6 Å². The first-order valence-electron chi connectivity index (χ1n) is 7.06. The fourth-order valence-corrected chi connectivity index (χ4v) is 2.03. The Morgan fingerprint density at radius 1 is 1.23 bits per heavy atom. The Morgan fingerprint density at radius 2 is 1.91 bits per heavy atom. The molecule has 1 N–H and O–H groups in total. The van der Waals surface area contributed by atoms with Crippen LogP contribution in [-0.2, 0) is 4.79 Å². The van der Waals surface area contributed by atoms with Gasteiger partial charge in [0.15, 0.2) is 17.3 Å². The summed E-state index contributed by atoms with van der Waals surface area (Å²) in [6, 6.07) is 6.97. The lowest BCUT2D eigenvalue weighted by atomic mass is 10.0. The van der Waals surface area contributed by atoms with Gasteiger partial charge in [-0.25, -0.2) is 0 Å². The number of amides is 1. The van der Waals surface area contributed by atoms with Gasteiger partial charge in [-0.2, -0.15) is 5.26 Å². The van der Waals surface area contributed by atoms with E-state index in [1.54, 1.807) is 32.0 Å². The molecular formula is C16H18N2O4. The predicted molar refractivity (Wildman–Crippen MR) is 78.8 cm³/mol. The van der Waals surface area contributed by atoms with Gasteiger partial charge in [-0.3, -0.25) is 9.59 Å². The SMILES string of the molecule is CC(C)(C#N)NC(=O)CCC(=O)c1ccc2c(c1)OCCO2. The summed E-state index contributed by atoms with van der Waals surface area (Å²) in [7, 11) is 0. The van der Waals surface area contributed by atoms with E-state index in [-0.39, 0.29) is 24.5 Å². The van der Waals surface area contributed by atoms with Crippen molar-refractivity contribution < 1.29 is 19.1 Å². The maximum Gasteiger partial charge on any atom is 0.221 e. The number of ether oxygens (including phenoxy) is 2. The zero-order chi connectivity index (χ0) is 16.2. The van der Waals surface area contributed by atoms with Gasteiger partial charge >= 0.3 is 0 Å². The largest absolute Gasteiger partial charge is 0.486 e. The third-order valence-electron chi connectivity index (χ3n) is 3.17. The lowest BCUT2D eigenvalue weighted by Crippen LogP contribution is -2.42. The molecule has 22 heavy (non-hydrogen) atoms. The lowest BCUT2D eigenvalue weighted by Gasteiger charge is -2.19. The number of nitriles is 1. The van der Waals surface area contributed by atoms with Crippen LogP contribution in [0.4, 0.5) is 0 Å². The molecule has 0 atom stereocenters. The van der Waals surface area contributed by atoms with Crippen molar-refractivity contribution in [2.24, 2.45) is 0 Å². The molecule has 0 aliphatic carbocycles. The van der Waals surface area contributed by atoms with Gasteiger partial charge in [0.25, 0.3) is 0 Å². The van der Waals surface area contributed by atoms with Crippen LogP contribution < -0.4 is 14.8 Å². The van der Waals surface area contributed by atoms with Gasteiger partial charge in [-0.05, 0) is 32.0 Å². The van der Waals surface area contributed by atoms with E-state index in [2.05, 4.69) is 5.32 Å². The monoisotopic (exact) mass is 302 g/mol. The molecule has 1 aliphatic rings. The van der Waals surface area contributed by atoms with Crippen LogP contribution in [0.3, 0.4) is 0 Å². The van der Waals surface area contributed by atoms with Crippen molar-refractivity contribution in [3.05, 3.63) is 23.8 Å². The zero-order valence-corrected chi connectivity index (χ0v) is 12.6. The Bertz CT molecular complexity index is 632. The number of nitrogens with zero attached hydrogens (tertiary/aromatic N) is 1. The first-order valence-corrected chi connectivity index (χ1v) is 7.06. The molecule has 0 bridgehead atoms. The van der Waals surface area contributed by atoms with Gasteiger partial charge in [0.1, 0.15) is 18.8 Å². The highest BCUT2D eigenvalue weighted by atomic mass is 16.6. The number of rotatable bonds is 5. The minimum atomic E-state index is -0.933. The van der Waals surface area contributed by atoms with Crippen LogP contribution in [0.1, 0.15) is 37.0 Å². The van der Waals surface area contributed by atoms with Crippen molar-refractivity contribution in [1.82, 2.24) is 5.32 Å². The van der Waals surface area contributed by atoms with E-state index in [1.807, 2.05) is 6.07 Å². The number of carbonyl (C=O) groups excluding carboxylic acids is 2. The number of Topliss-reactive ketones (excluding diaryl/α,β-unsaturated/α-hetero) is 1. The molecule has 6 heteroatoms. The smallest absolute Gasteiger partial charge is 0.221 e. The maximum atomic E-state index is 12.1. The van der Waals surface area contributed by atoms with E-state index in [0.29, 0.717) is 30.3 Å². The third-order valence-corrected chi connectivity index (χ3v) is 3.17. The molecule has 0 saturated carbocycles. The number of benzene rings is 1. The minimum Gasteiger partial charge on any atom is -0.486 e. The standard InChI is InChI=1S/C16H18N2O4/c1-16(2,10-17)18-15(20)6-4-12(19)11-3-5-13-14(9-11)22-8-7-21-13/h3,5,9H,4,6-8H2,1-2H3,(H,18,20). The van der Waals surface area contributed by atoms with Crippen LogP contribution in [0.2, 0.25) is 0 Å². The van der Waals surface area contributed by atoms with Crippen molar-refractivity contribution in [2.45, 2.75) is 32.2 Å².